The van der Waals surface area contributed by atoms with Crippen LogP contribution in [0.5, 0.6) is 0 Å². The van der Waals surface area contributed by atoms with E-state index in [9.17, 15) is 0 Å². The Labute approximate surface area is 82.7 Å². The average Bonchev–Trinajstić information content (AvgIpc) is 2.94. The minimum atomic E-state index is 0.637. The van der Waals surface area contributed by atoms with Crippen molar-refractivity contribution in [2.45, 2.75) is 51.6 Å². The molecule has 0 spiro atoms. The molecule has 1 aliphatic carbocycles. The van der Waals surface area contributed by atoms with Crippen LogP contribution in [0.25, 0.3) is 0 Å². The van der Waals surface area contributed by atoms with Crippen LogP contribution in [0, 0.1) is 0 Å². The molecule has 1 aliphatic rings. The molecule has 0 aromatic rings. The number of hydrogen-bond acceptors (Lipinski definition) is 2. The molecular formula is C11H24N2. The first-order valence-corrected chi connectivity index (χ1v) is 5.69. The van der Waals surface area contributed by atoms with Gasteiger partial charge >= 0.3 is 0 Å². The summed E-state index contributed by atoms with van der Waals surface area (Å²) in [6.45, 7) is 7.06. The van der Waals surface area contributed by atoms with Crippen LogP contribution in [0.4, 0.5) is 0 Å². The Morgan fingerprint density at radius 1 is 1.46 bits per heavy atom. The SMILES string of the molecule is CCCCN(CC(C)NC)C1CC1. The van der Waals surface area contributed by atoms with Crippen molar-refractivity contribution >= 4 is 0 Å². The highest BCUT2D eigenvalue weighted by molar-refractivity contribution is 4.85. The van der Waals surface area contributed by atoms with Crippen LogP contribution < -0.4 is 5.32 Å². The molecule has 1 atom stereocenters. The highest BCUT2D eigenvalue weighted by atomic mass is 15.2. The van der Waals surface area contributed by atoms with Gasteiger partial charge in [-0.1, -0.05) is 13.3 Å². The van der Waals surface area contributed by atoms with E-state index in [-0.39, 0.29) is 0 Å². The van der Waals surface area contributed by atoms with Gasteiger partial charge < -0.3 is 5.32 Å². The van der Waals surface area contributed by atoms with Crippen LogP contribution in [0.2, 0.25) is 0 Å². The topological polar surface area (TPSA) is 15.3 Å². The Balaban J connectivity index is 2.20. The van der Waals surface area contributed by atoms with Crippen molar-refractivity contribution < 1.29 is 0 Å². The first-order valence-electron chi connectivity index (χ1n) is 5.69. The predicted octanol–water partition coefficient (Wildman–Crippen LogP) is 1.86. The van der Waals surface area contributed by atoms with Crippen molar-refractivity contribution in [3.05, 3.63) is 0 Å². The van der Waals surface area contributed by atoms with Crippen molar-refractivity contribution in [3.8, 4) is 0 Å². The third-order valence-electron chi connectivity index (χ3n) is 2.86. The van der Waals surface area contributed by atoms with E-state index in [0.717, 1.165) is 6.04 Å². The van der Waals surface area contributed by atoms with Crippen molar-refractivity contribution in [1.82, 2.24) is 10.2 Å². The average molecular weight is 184 g/mol. The Bertz CT molecular complexity index is 132. The molecule has 0 aliphatic heterocycles. The van der Waals surface area contributed by atoms with Crippen LogP contribution in [-0.2, 0) is 0 Å². The van der Waals surface area contributed by atoms with Gasteiger partial charge in [0.05, 0.1) is 0 Å². The van der Waals surface area contributed by atoms with Gasteiger partial charge in [-0.15, -0.1) is 0 Å². The van der Waals surface area contributed by atoms with E-state index in [1.54, 1.807) is 0 Å². The number of rotatable bonds is 7. The van der Waals surface area contributed by atoms with Crippen molar-refractivity contribution in [2.75, 3.05) is 20.1 Å². The van der Waals surface area contributed by atoms with Crippen LogP contribution in [0.15, 0.2) is 0 Å². The Hall–Kier alpha value is -0.0800. The molecule has 1 rings (SSSR count). The van der Waals surface area contributed by atoms with Gasteiger partial charge in [0.25, 0.3) is 0 Å². The zero-order chi connectivity index (χ0) is 9.68. The standard InChI is InChI=1S/C11H24N2/c1-4-5-8-13(11-6-7-11)9-10(2)12-3/h10-12H,4-9H2,1-3H3. The zero-order valence-electron chi connectivity index (χ0n) is 9.34. The molecule has 0 aromatic carbocycles. The first kappa shape index (κ1) is 11.0. The number of unbranched alkanes of at least 4 members (excludes halogenated alkanes) is 1. The van der Waals surface area contributed by atoms with E-state index in [1.165, 1.54) is 38.8 Å². The summed E-state index contributed by atoms with van der Waals surface area (Å²) in [5, 5.41) is 3.31. The molecule has 78 valence electrons. The van der Waals surface area contributed by atoms with Crippen LogP contribution >= 0.6 is 0 Å². The molecule has 0 amide bonds. The molecule has 0 aromatic heterocycles. The number of hydrogen-bond donors (Lipinski definition) is 1. The maximum Gasteiger partial charge on any atom is 0.0163 e. The lowest BCUT2D eigenvalue weighted by Crippen LogP contribution is -2.39. The molecule has 1 N–H and O–H groups in total. The quantitative estimate of drug-likeness (QED) is 0.649. The molecule has 0 radical (unpaired) electrons. The lowest BCUT2D eigenvalue weighted by atomic mass is 10.2. The third-order valence-corrected chi connectivity index (χ3v) is 2.86. The van der Waals surface area contributed by atoms with Crippen LogP contribution in [-0.4, -0.2) is 37.1 Å². The summed E-state index contributed by atoms with van der Waals surface area (Å²) in [5.41, 5.74) is 0. The number of nitrogens with one attached hydrogen (secondary N) is 1. The summed E-state index contributed by atoms with van der Waals surface area (Å²) in [6.07, 6.45) is 5.53. The fourth-order valence-corrected chi connectivity index (χ4v) is 1.67. The number of likely N-dealkylation sites (N-methyl/N-ethyl adjacent to an activating group) is 1. The smallest absolute Gasteiger partial charge is 0.0163 e. The highest BCUT2D eigenvalue weighted by Crippen LogP contribution is 2.27. The molecule has 2 heteroatoms. The van der Waals surface area contributed by atoms with Crippen molar-refractivity contribution in [1.29, 1.82) is 0 Å². The van der Waals surface area contributed by atoms with E-state index in [0.29, 0.717) is 6.04 Å². The molecule has 1 saturated carbocycles. The maximum atomic E-state index is 3.31. The van der Waals surface area contributed by atoms with E-state index < -0.39 is 0 Å². The Kier molecular flexibility index (Phi) is 4.74. The van der Waals surface area contributed by atoms with E-state index in [1.807, 2.05) is 0 Å². The second kappa shape index (κ2) is 5.61. The summed E-state index contributed by atoms with van der Waals surface area (Å²) in [6, 6.07) is 1.56. The van der Waals surface area contributed by atoms with Gasteiger partial charge in [0.15, 0.2) is 0 Å². The van der Waals surface area contributed by atoms with Gasteiger partial charge in [0, 0.05) is 18.6 Å². The molecular weight excluding hydrogens is 160 g/mol. The fraction of sp³-hybridized carbons (Fsp3) is 1.00. The number of nitrogens with zero attached hydrogens (tertiary/aromatic N) is 1. The summed E-state index contributed by atoms with van der Waals surface area (Å²) in [4.78, 5) is 2.66. The lowest BCUT2D eigenvalue weighted by Gasteiger charge is -2.25. The van der Waals surface area contributed by atoms with E-state index >= 15 is 0 Å². The minimum Gasteiger partial charge on any atom is -0.316 e. The van der Waals surface area contributed by atoms with Gasteiger partial charge in [-0.05, 0) is 39.8 Å². The zero-order valence-corrected chi connectivity index (χ0v) is 9.34. The van der Waals surface area contributed by atoms with Gasteiger partial charge in [0.2, 0.25) is 0 Å². The predicted molar refractivity (Wildman–Crippen MR) is 58.0 cm³/mol. The monoisotopic (exact) mass is 184 g/mol. The largest absolute Gasteiger partial charge is 0.316 e. The molecule has 1 fully saturated rings. The van der Waals surface area contributed by atoms with E-state index in [2.05, 4.69) is 31.1 Å². The molecule has 13 heavy (non-hydrogen) atoms. The molecule has 1 unspecified atom stereocenters. The Morgan fingerprint density at radius 3 is 2.62 bits per heavy atom. The van der Waals surface area contributed by atoms with Gasteiger partial charge in [-0.25, -0.2) is 0 Å². The molecule has 2 nitrogen and oxygen atoms in total. The normalized spacial score (nSPS) is 19.4. The van der Waals surface area contributed by atoms with Gasteiger partial charge in [0.1, 0.15) is 0 Å². The maximum absolute atomic E-state index is 3.31. The third kappa shape index (κ3) is 4.10. The minimum absolute atomic E-state index is 0.637. The summed E-state index contributed by atoms with van der Waals surface area (Å²) >= 11 is 0. The lowest BCUT2D eigenvalue weighted by molar-refractivity contribution is 0.238. The van der Waals surface area contributed by atoms with Crippen molar-refractivity contribution in [3.63, 3.8) is 0 Å². The van der Waals surface area contributed by atoms with Crippen LogP contribution in [0.3, 0.4) is 0 Å². The second-order valence-electron chi connectivity index (χ2n) is 4.27. The summed E-state index contributed by atoms with van der Waals surface area (Å²) in [7, 11) is 2.05. The van der Waals surface area contributed by atoms with Crippen LogP contribution in [0.1, 0.15) is 39.5 Å². The van der Waals surface area contributed by atoms with Crippen molar-refractivity contribution in [2.24, 2.45) is 0 Å². The fourth-order valence-electron chi connectivity index (χ4n) is 1.67. The van der Waals surface area contributed by atoms with Gasteiger partial charge in [-0.3, -0.25) is 4.90 Å². The highest BCUT2D eigenvalue weighted by Gasteiger charge is 2.28. The molecule has 0 bridgehead atoms. The Morgan fingerprint density at radius 2 is 2.15 bits per heavy atom. The van der Waals surface area contributed by atoms with Gasteiger partial charge in [-0.2, -0.15) is 0 Å². The summed E-state index contributed by atoms with van der Waals surface area (Å²) < 4.78 is 0. The summed E-state index contributed by atoms with van der Waals surface area (Å²) in [5.74, 6) is 0. The first-order chi connectivity index (χ1) is 6.27. The second-order valence-corrected chi connectivity index (χ2v) is 4.27. The van der Waals surface area contributed by atoms with E-state index in [4.69, 9.17) is 0 Å². The molecule has 0 heterocycles. The molecule has 0 saturated heterocycles.